The van der Waals surface area contributed by atoms with Crippen molar-refractivity contribution >= 4 is 24.2 Å². The molecule has 0 aromatic rings. The highest BCUT2D eigenvalue weighted by molar-refractivity contribution is 5.85. The Bertz CT molecular complexity index is 504. The third kappa shape index (κ3) is 4.04. The van der Waals surface area contributed by atoms with Gasteiger partial charge in [0, 0.05) is 32.6 Å². The lowest BCUT2D eigenvalue weighted by Crippen LogP contribution is -2.50. The van der Waals surface area contributed by atoms with Crippen molar-refractivity contribution < 1.29 is 9.59 Å². The van der Waals surface area contributed by atoms with Gasteiger partial charge in [-0.25, -0.2) is 0 Å². The lowest BCUT2D eigenvalue weighted by Gasteiger charge is -2.57. The van der Waals surface area contributed by atoms with Gasteiger partial charge in [0.1, 0.15) is 0 Å². The molecule has 3 N–H and O–H groups in total. The van der Waals surface area contributed by atoms with E-state index in [0.717, 1.165) is 43.6 Å². The highest BCUT2D eigenvalue weighted by atomic mass is 35.5. The quantitative estimate of drug-likeness (QED) is 0.765. The van der Waals surface area contributed by atoms with Crippen LogP contribution < -0.4 is 11.1 Å². The van der Waals surface area contributed by atoms with E-state index in [-0.39, 0.29) is 24.2 Å². The maximum atomic E-state index is 13.0. The topological polar surface area (TPSA) is 75.4 Å². The first-order chi connectivity index (χ1) is 12.1. The van der Waals surface area contributed by atoms with E-state index in [4.69, 9.17) is 5.73 Å². The molecular weight excluding hydrogens is 350 g/mol. The van der Waals surface area contributed by atoms with Crippen LogP contribution in [0.15, 0.2) is 0 Å². The Morgan fingerprint density at radius 2 is 1.69 bits per heavy atom. The largest absolute Gasteiger partial charge is 0.355 e. The molecule has 4 bridgehead atoms. The van der Waals surface area contributed by atoms with Crippen molar-refractivity contribution in [3.8, 4) is 0 Å². The van der Waals surface area contributed by atoms with Crippen LogP contribution in [0.3, 0.4) is 0 Å². The SMILES string of the molecule is Cl.NCCNC(=O)C1CCCN(C(=O)CC23CC4CC(CC(C4)C2)C3)C1. The molecule has 1 saturated heterocycles. The summed E-state index contributed by atoms with van der Waals surface area (Å²) in [6.45, 7) is 2.41. The summed E-state index contributed by atoms with van der Waals surface area (Å²) in [5.74, 6) is 2.97. The Balaban J connectivity index is 0.00000196. The maximum absolute atomic E-state index is 13.0. The van der Waals surface area contributed by atoms with Crippen LogP contribution in [0.1, 0.15) is 57.8 Å². The average molecular weight is 384 g/mol. The number of likely N-dealkylation sites (tertiary alicyclic amines) is 1. The van der Waals surface area contributed by atoms with E-state index in [9.17, 15) is 9.59 Å². The number of rotatable bonds is 5. The number of nitrogens with zero attached hydrogens (tertiary/aromatic N) is 1. The summed E-state index contributed by atoms with van der Waals surface area (Å²) < 4.78 is 0. The predicted octanol–water partition coefficient (Wildman–Crippen LogP) is 2.33. The van der Waals surface area contributed by atoms with E-state index in [0.29, 0.717) is 31.0 Å². The number of hydrogen-bond acceptors (Lipinski definition) is 3. The van der Waals surface area contributed by atoms with Gasteiger partial charge in [-0.2, -0.15) is 0 Å². The Morgan fingerprint density at radius 3 is 2.27 bits per heavy atom. The van der Waals surface area contributed by atoms with Crippen molar-refractivity contribution in [1.29, 1.82) is 0 Å². The van der Waals surface area contributed by atoms with Crippen LogP contribution >= 0.6 is 12.4 Å². The molecule has 5 nitrogen and oxygen atoms in total. The molecule has 6 heteroatoms. The normalized spacial score (nSPS) is 38.0. The third-order valence-corrected chi connectivity index (χ3v) is 7.28. The summed E-state index contributed by atoms with van der Waals surface area (Å²) in [7, 11) is 0. The fourth-order valence-electron chi connectivity index (χ4n) is 6.70. The number of hydrogen-bond donors (Lipinski definition) is 2. The van der Waals surface area contributed by atoms with Crippen LogP contribution in [0.5, 0.6) is 0 Å². The molecule has 0 spiro atoms. The minimum Gasteiger partial charge on any atom is -0.355 e. The minimum absolute atomic E-state index is 0. The molecule has 2 amide bonds. The molecule has 0 radical (unpaired) electrons. The van der Waals surface area contributed by atoms with Gasteiger partial charge in [-0.3, -0.25) is 9.59 Å². The second kappa shape index (κ2) is 8.05. The third-order valence-electron chi connectivity index (χ3n) is 7.28. The van der Waals surface area contributed by atoms with Crippen LogP contribution in [0.25, 0.3) is 0 Å². The van der Waals surface area contributed by atoms with Crippen molar-refractivity contribution in [3.63, 3.8) is 0 Å². The molecule has 1 unspecified atom stereocenters. The van der Waals surface area contributed by atoms with E-state index in [1.54, 1.807) is 0 Å². The first-order valence-corrected chi connectivity index (χ1v) is 10.3. The molecule has 5 aliphatic rings. The van der Waals surface area contributed by atoms with Gasteiger partial charge in [0.05, 0.1) is 5.92 Å². The number of amides is 2. The van der Waals surface area contributed by atoms with E-state index in [2.05, 4.69) is 5.32 Å². The molecule has 26 heavy (non-hydrogen) atoms. The standard InChI is InChI=1S/C20H33N3O2.ClH/c21-3-4-22-19(25)17-2-1-5-23(13-17)18(24)12-20-9-14-6-15(10-20)8-16(7-14)11-20;/h14-17H,1-13,21H2,(H,22,25);1H. The molecule has 5 fully saturated rings. The first kappa shape index (κ1) is 19.9. The van der Waals surface area contributed by atoms with Gasteiger partial charge >= 0.3 is 0 Å². The van der Waals surface area contributed by atoms with Crippen molar-refractivity contribution in [2.24, 2.45) is 34.8 Å². The van der Waals surface area contributed by atoms with Crippen LogP contribution in [0, 0.1) is 29.1 Å². The molecule has 1 aliphatic heterocycles. The Hall–Kier alpha value is -0.810. The predicted molar refractivity (Wildman–Crippen MR) is 104 cm³/mol. The van der Waals surface area contributed by atoms with Crippen LogP contribution in [-0.4, -0.2) is 42.9 Å². The van der Waals surface area contributed by atoms with Crippen LogP contribution in [-0.2, 0) is 9.59 Å². The summed E-state index contributed by atoms with van der Waals surface area (Å²) in [5, 5.41) is 2.89. The van der Waals surface area contributed by atoms with Crippen molar-refractivity contribution in [2.75, 3.05) is 26.2 Å². The lowest BCUT2D eigenvalue weighted by molar-refractivity contribution is -0.142. The maximum Gasteiger partial charge on any atom is 0.224 e. The second-order valence-corrected chi connectivity index (χ2v) is 9.35. The number of carbonyl (C=O) groups excluding carboxylic acids is 2. The number of piperidine rings is 1. The molecule has 1 atom stereocenters. The minimum atomic E-state index is -0.0550. The molecule has 1 heterocycles. The summed E-state index contributed by atoms with van der Waals surface area (Å²) in [5.41, 5.74) is 5.76. The van der Waals surface area contributed by atoms with Crippen molar-refractivity contribution in [3.05, 3.63) is 0 Å². The van der Waals surface area contributed by atoms with Crippen LogP contribution in [0.2, 0.25) is 0 Å². The zero-order chi connectivity index (χ0) is 17.4. The van der Waals surface area contributed by atoms with Crippen molar-refractivity contribution in [1.82, 2.24) is 10.2 Å². The van der Waals surface area contributed by atoms with E-state index < -0.39 is 0 Å². The van der Waals surface area contributed by atoms with Crippen molar-refractivity contribution in [2.45, 2.75) is 57.8 Å². The molecule has 4 aliphatic carbocycles. The summed E-state index contributed by atoms with van der Waals surface area (Å²) in [4.78, 5) is 27.3. The lowest BCUT2D eigenvalue weighted by atomic mass is 9.49. The Labute approximate surface area is 163 Å². The molecule has 0 aromatic carbocycles. The molecular formula is C20H34ClN3O2. The number of halogens is 1. The van der Waals surface area contributed by atoms with Crippen LogP contribution in [0.4, 0.5) is 0 Å². The summed E-state index contributed by atoms with van der Waals surface area (Å²) >= 11 is 0. The smallest absolute Gasteiger partial charge is 0.224 e. The first-order valence-electron chi connectivity index (χ1n) is 10.3. The highest BCUT2D eigenvalue weighted by Gasteiger charge is 2.51. The van der Waals surface area contributed by atoms with Gasteiger partial charge < -0.3 is 16.0 Å². The van der Waals surface area contributed by atoms with E-state index in [1.165, 1.54) is 38.5 Å². The zero-order valence-electron chi connectivity index (χ0n) is 15.8. The van der Waals surface area contributed by atoms with Gasteiger partial charge in [0.25, 0.3) is 0 Å². The van der Waals surface area contributed by atoms with Gasteiger partial charge in [0.15, 0.2) is 0 Å². The summed E-state index contributed by atoms with van der Waals surface area (Å²) in [6, 6.07) is 0. The van der Waals surface area contributed by atoms with E-state index >= 15 is 0 Å². The monoisotopic (exact) mass is 383 g/mol. The zero-order valence-corrected chi connectivity index (χ0v) is 16.6. The number of nitrogens with two attached hydrogens (primary N) is 1. The molecule has 5 rings (SSSR count). The average Bonchev–Trinajstić information content (AvgIpc) is 2.58. The molecule has 148 valence electrons. The number of nitrogens with one attached hydrogen (secondary N) is 1. The number of carbonyl (C=O) groups is 2. The highest BCUT2D eigenvalue weighted by Crippen LogP contribution is 2.61. The van der Waals surface area contributed by atoms with Gasteiger partial charge in [-0.1, -0.05) is 0 Å². The van der Waals surface area contributed by atoms with Gasteiger partial charge in [-0.05, 0) is 74.5 Å². The fraction of sp³-hybridized carbons (Fsp3) is 0.900. The molecule has 0 aromatic heterocycles. The van der Waals surface area contributed by atoms with Gasteiger partial charge in [-0.15, -0.1) is 12.4 Å². The molecule has 4 saturated carbocycles. The Morgan fingerprint density at radius 1 is 1.08 bits per heavy atom. The summed E-state index contributed by atoms with van der Waals surface area (Å²) in [6.07, 6.45) is 10.6. The fourth-order valence-corrected chi connectivity index (χ4v) is 6.70. The van der Waals surface area contributed by atoms with Gasteiger partial charge in [0.2, 0.25) is 11.8 Å². The second-order valence-electron chi connectivity index (χ2n) is 9.35. The van der Waals surface area contributed by atoms with E-state index in [1.807, 2.05) is 4.90 Å². The Kier molecular flexibility index (Phi) is 6.18.